The predicted octanol–water partition coefficient (Wildman–Crippen LogP) is 0.631. The number of nitrogens with zero attached hydrogens (tertiary/aromatic N) is 4. The second-order valence-corrected chi connectivity index (χ2v) is 7.49. The molecule has 0 aromatic carbocycles. The molecule has 1 unspecified atom stereocenters. The molecule has 5 atom stereocenters. The zero-order chi connectivity index (χ0) is 15.5. The minimum absolute atomic E-state index is 0.118. The smallest absolute Gasteiger partial charge is 0.328 e. The highest BCUT2D eigenvalue weighted by molar-refractivity contribution is 7.53. The minimum atomic E-state index is -3.14. The minimum Gasteiger partial charge on any atom is -0.386 e. The largest absolute Gasteiger partial charge is 0.386 e. The summed E-state index contributed by atoms with van der Waals surface area (Å²) in [4.78, 5) is 12.5. The van der Waals surface area contributed by atoms with E-state index >= 15 is 0 Å². The van der Waals surface area contributed by atoms with Crippen molar-refractivity contribution in [2.75, 3.05) is 13.3 Å². The zero-order valence-corrected chi connectivity index (χ0v) is 12.9. The van der Waals surface area contributed by atoms with E-state index in [1.807, 2.05) is 6.92 Å². The number of aromatic nitrogens is 4. The van der Waals surface area contributed by atoms with Crippen LogP contribution in [-0.4, -0.2) is 56.2 Å². The van der Waals surface area contributed by atoms with E-state index < -0.39 is 32.1 Å². The first kappa shape index (κ1) is 14.2. The standard InChI is InChI=1S/C12H15N4O5P/c1-6-8-11(14-4-13-6)16(5-15-8)12-9(17)10-7(20-12)3-19-22(2,18)21-10/h4-5,7,9-10,12,17H,3H2,1-2H3/t7-,9-,10-,12-,22?/m1/s1. The quantitative estimate of drug-likeness (QED) is 0.760. The van der Waals surface area contributed by atoms with Crippen molar-refractivity contribution in [2.45, 2.75) is 31.5 Å². The van der Waals surface area contributed by atoms with Gasteiger partial charge in [-0.2, -0.15) is 0 Å². The molecule has 0 saturated carbocycles. The van der Waals surface area contributed by atoms with Crippen LogP contribution in [0, 0.1) is 6.92 Å². The molecule has 4 rings (SSSR count). The van der Waals surface area contributed by atoms with E-state index in [-0.39, 0.29) is 6.61 Å². The van der Waals surface area contributed by atoms with Gasteiger partial charge in [0.2, 0.25) is 0 Å². The summed E-state index contributed by atoms with van der Waals surface area (Å²) >= 11 is 0. The molecule has 0 spiro atoms. The molecule has 0 aliphatic carbocycles. The molecule has 2 fully saturated rings. The van der Waals surface area contributed by atoms with E-state index in [0.717, 1.165) is 5.69 Å². The molecule has 0 amide bonds. The molecular formula is C12H15N4O5P. The number of ether oxygens (including phenoxy) is 1. The Morgan fingerprint density at radius 2 is 2.23 bits per heavy atom. The first-order valence-corrected chi connectivity index (χ1v) is 8.83. The second-order valence-electron chi connectivity index (χ2n) is 5.48. The monoisotopic (exact) mass is 326 g/mol. The summed E-state index contributed by atoms with van der Waals surface area (Å²) in [7, 11) is -3.14. The second kappa shape index (κ2) is 4.81. The van der Waals surface area contributed by atoms with Gasteiger partial charge < -0.3 is 14.4 Å². The number of aliphatic hydroxyl groups excluding tert-OH is 1. The van der Waals surface area contributed by atoms with Crippen molar-refractivity contribution in [2.24, 2.45) is 0 Å². The highest BCUT2D eigenvalue weighted by Gasteiger charge is 2.51. The average molecular weight is 326 g/mol. The summed E-state index contributed by atoms with van der Waals surface area (Å²) in [6.45, 7) is 3.33. The highest BCUT2D eigenvalue weighted by Crippen LogP contribution is 2.52. The Morgan fingerprint density at radius 3 is 3.05 bits per heavy atom. The SMILES string of the molecule is Cc1ncnc2c1ncn2[C@@H]1O[C@@H]2COP(C)(=O)O[C@H]2[C@H]1O. The van der Waals surface area contributed by atoms with Crippen LogP contribution in [0.15, 0.2) is 12.7 Å². The fourth-order valence-electron chi connectivity index (χ4n) is 2.83. The van der Waals surface area contributed by atoms with Crippen LogP contribution in [0.4, 0.5) is 0 Å². The number of fused-ring (bicyclic) bond motifs is 2. The molecule has 2 aliphatic rings. The van der Waals surface area contributed by atoms with Gasteiger partial charge in [0, 0.05) is 6.66 Å². The van der Waals surface area contributed by atoms with Gasteiger partial charge in [-0.3, -0.25) is 13.7 Å². The van der Waals surface area contributed by atoms with Gasteiger partial charge in [-0.05, 0) is 6.92 Å². The van der Waals surface area contributed by atoms with Gasteiger partial charge >= 0.3 is 7.60 Å². The van der Waals surface area contributed by atoms with Gasteiger partial charge in [0.25, 0.3) is 0 Å². The van der Waals surface area contributed by atoms with Crippen molar-refractivity contribution in [3.63, 3.8) is 0 Å². The summed E-state index contributed by atoms with van der Waals surface area (Å²) in [5, 5.41) is 10.5. The Hall–Kier alpha value is -1.38. The molecule has 2 saturated heterocycles. The van der Waals surface area contributed by atoms with Crippen molar-refractivity contribution in [1.82, 2.24) is 19.5 Å². The molecule has 2 aromatic heterocycles. The van der Waals surface area contributed by atoms with Crippen LogP contribution < -0.4 is 0 Å². The van der Waals surface area contributed by atoms with Crippen LogP contribution in [0.25, 0.3) is 11.2 Å². The molecule has 4 heterocycles. The van der Waals surface area contributed by atoms with Gasteiger partial charge in [-0.25, -0.2) is 15.0 Å². The van der Waals surface area contributed by atoms with Crippen molar-refractivity contribution in [1.29, 1.82) is 0 Å². The molecule has 0 radical (unpaired) electrons. The third kappa shape index (κ3) is 2.09. The number of hydrogen-bond acceptors (Lipinski definition) is 8. The first-order chi connectivity index (χ1) is 10.5. The summed E-state index contributed by atoms with van der Waals surface area (Å²) < 4.78 is 29.9. The average Bonchev–Trinajstić information content (AvgIpc) is 3.01. The number of aryl methyl sites for hydroxylation is 1. The third-order valence-electron chi connectivity index (χ3n) is 3.91. The first-order valence-electron chi connectivity index (χ1n) is 6.84. The lowest BCUT2D eigenvalue weighted by atomic mass is 10.1. The van der Waals surface area contributed by atoms with Crippen LogP contribution in [0.5, 0.6) is 0 Å². The molecule has 22 heavy (non-hydrogen) atoms. The number of hydrogen-bond donors (Lipinski definition) is 1. The van der Waals surface area contributed by atoms with Crippen molar-refractivity contribution in [3.05, 3.63) is 18.3 Å². The maximum atomic E-state index is 11.9. The van der Waals surface area contributed by atoms with E-state index in [4.69, 9.17) is 13.8 Å². The van der Waals surface area contributed by atoms with Gasteiger partial charge in [0.15, 0.2) is 11.9 Å². The Kier molecular flexibility index (Phi) is 3.11. The van der Waals surface area contributed by atoms with Crippen LogP contribution in [0.1, 0.15) is 11.9 Å². The van der Waals surface area contributed by atoms with Crippen LogP contribution in [-0.2, 0) is 18.3 Å². The highest BCUT2D eigenvalue weighted by atomic mass is 31.2. The number of imidazole rings is 1. The van der Waals surface area contributed by atoms with E-state index in [1.54, 1.807) is 10.9 Å². The van der Waals surface area contributed by atoms with E-state index in [0.29, 0.717) is 11.2 Å². The predicted molar refractivity (Wildman–Crippen MR) is 74.3 cm³/mol. The summed E-state index contributed by atoms with van der Waals surface area (Å²) in [6.07, 6.45) is 0.0804. The van der Waals surface area contributed by atoms with Gasteiger partial charge in [0.1, 0.15) is 30.2 Å². The maximum absolute atomic E-state index is 11.9. The normalized spacial score (nSPS) is 38.3. The zero-order valence-electron chi connectivity index (χ0n) is 12.0. The third-order valence-corrected chi connectivity index (χ3v) is 5.16. The molecule has 0 bridgehead atoms. The van der Waals surface area contributed by atoms with Crippen LogP contribution >= 0.6 is 7.60 Å². The van der Waals surface area contributed by atoms with E-state index in [9.17, 15) is 9.67 Å². The Balaban J connectivity index is 1.71. The van der Waals surface area contributed by atoms with E-state index in [2.05, 4.69) is 15.0 Å². The summed E-state index contributed by atoms with van der Waals surface area (Å²) in [5.41, 5.74) is 1.95. The maximum Gasteiger partial charge on any atom is 0.328 e. The molecule has 2 aromatic rings. The molecule has 9 nitrogen and oxygen atoms in total. The molecule has 118 valence electrons. The Bertz CT molecular complexity index is 780. The van der Waals surface area contributed by atoms with Crippen LogP contribution in [0.2, 0.25) is 0 Å². The number of aliphatic hydroxyl groups is 1. The van der Waals surface area contributed by atoms with Crippen molar-refractivity contribution < 1.29 is 23.5 Å². The lowest BCUT2D eigenvalue weighted by Crippen LogP contribution is -2.39. The van der Waals surface area contributed by atoms with Gasteiger partial charge in [0.05, 0.1) is 18.6 Å². The number of rotatable bonds is 1. The summed E-state index contributed by atoms with van der Waals surface area (Å²) in [5.74, 6) is 0. The van der Waals surface area contributed by atoms with Gasteiger partial charge in [-0.1, -0.05) is 0 Å². The topological polar surface area (TPSA) is 109 Å². The van der Waals surface area contributed by atoms with E-state index in [1.165, 1.54) is 13.0 Å². The molecule has 1 N–H and O–H groups in total. The fourth-order valence-corrected chi connectivity index (χ4v) is 4.01. The van der Waals surface area contributed by atoms with Crippen LogP contribution in [0.3, 0.4) is 0 Å². The Morgan fingerprint density at radius 1 is 1.41 bits per heavy atom. The van der Waals surface area contributed by atoms with Gasteiger partial charge in [-0.15, -0.1) is 0 Å². The summed E-state index contributed by atoms with van der Waals surface area (Å²) in [6, 6.07) is 0. The Labute approximate surface area is 125 Å². The lowest BCUT2D eigenvalue weighted by Gasteiger charge is -2.29. The lowest BCUT2D eigenvalue weighted by molar-refractivity contribution is -0.0578. The molecular weight excluding hydrogens is 311 g/mol. The van der Waals surface area contributed by atoms with Crippen molar-refractivity contribution in [3.8, 4) is 0 Å². The van der Waals surface area contributed by atoms with Crippen molar-refractivity contribution >= 4 is 18.8 Å². The molecule has 10 heteroatoms. The molecule has 2 aliphatic heterocycles. The fraction of sp³-hybridized carbons (Fsp3) is 0.583.